The highest BCUT2D eigenvalue weighted by Crippen LogP contribution is 2.22. The van der Waals surface area contributed by atoms with Crippen molar-refractivity contribution in [3.8, 4) is 0 Å². The Morgan fingerprint density at radius 2 is 1.95 bits per heavy atom. The van der Waals surface area contributed by atoms with E-state index >= 15 is 0 Å². The Morgan fingerprint density at radius 3 is 2.50 bits per heavy atom. The first-order valence-electron chi connectivity index (χ1n) is 8.02. The molecule has 0 fully saturated rings. The molecule has 20 heavy (non-hydrogen) atoms. The number of amides is 1. The maximum atomic E-state index is 12.8. The molecule has 1 unspecified atom stereocenters. The van der Waals surface area contributed by atoms with E-state index in [2.05, 4.69) is 39.8 Å². The van der Waals surface area contributed by atoms with Crippen molar-refractivity contribution in [2.24, 2.45) is 5.92 Å². The van der Waals surface area contributed by atoms with Crippen molar-refractivity contribution in [2.75, 3.05) is 11.4 Å². The zero-order valence-corrected chi connectivity index (χ0v) is 13.5. The number of rotatable bonds is 8. The van der Waals surface area contributed by atoms with Crippen LogP contribution in [0.15, 0.2) is 24.3 Å². The third-order valence-corrected chi connectivity index (χ3v) is 3.77. The molecule has 0 N–H and O–H groups in total. The fourth-order valence-corrected chi connectivity index (χ4v) is 2.56. The first-order valence-corrected chi connectivity index (χ1v) is 8.02. The van der Waals surface area contributed by atoms with E-state index < -0.39 is 0 Å². The van der Waals surface area contributed by atoms with Gasteiger partial charge in [-0.25, -0.2) is 0 Å². The second kappa shape index (κ2) is 8.78. The molecule has 0 aliphatic carbocycles. The quantitative estimate of drug-likeness (QED) is 0.657. The second-order valence-corrected chi connectivity index (χ2v) is 5.58. The first-order chi connectivity index (χ1) is 9.63. The Hall–Kier alpha value is -1.31. The molecule has 1 rings (SSSR count). The SMILES string of the molecule is CCCCC(CC)C(=O)N(CCC)c1cccc(C)c1. The number of hydrogen-bond donors (Lipinski definition) is 0. The van der Waals surface area contributed by atoms with Crippen LogP contribution in [-0.2, 0) is 4.79 Å². The molecule has 0 saturated carbocycles. The monoisotopic (exact) mass is 275 g/mol. The highest BCUT2D eigenvalue weighted by Gasteiger charge is 2.23. The molecule has 1 amide bonds. The zero-order valence-electron chi connectivity index (χ0n) is 13.5. The minimum Gasteiger partial charge on any atom is -0.312 e. The third-order valence-electron chi connectivity index (χ3n) is 3.77. The molecule has 1 aromatic rings. The average molecular weight is 275 g/mol. The van der Waals surface area contributed by atoms with Crippen molar-refractivity contribution in [3.05, 3.63) is 29.8 Å². The zero-order chi connectivity index (χ0) is 15.0. The standard InChI is InChI=1S/C18H29NO/c1-5-8-11-16(7-3)18(20)19(13-6-2)17-12-9-10-15(4)14-17/h9-10,12,14,16H,5-8,11,13H2,1-4H3. The number of nitrogens with zero attached hydrogens (tertiary/aromatic N) is 1. The van der Waals surface area contributed by atoms with E-state index in [1.165, 1.54) is 5.56 Å². The smallest absolute Gasteiger partial charge is 0.230 e. The summed E-state index contributed by atoms with van der Waals surface area (Å²) >= 11 is 0. The van der Waals surface area contributed by atoms with Crippen LogP contribution in [0.5, 0.6) is 0 Å². The third kappa shape index (κ3) is 4.66. The van der Waals surface area contributed by atoms with Crippen LogP contribution in [0.3, 0.4) is 0 Å². The summed E-state index contributed by atoms with van der Waals surface area (Å²) in [5.74, 6) is 0.468. The highest BCUT2D eigenvalue weighted by atomic mass is 16.2. The fraction of sp³-hybridized carbons (Fsp3) is 0.611. The average Bonchev–Trinajstić information content (AvgIpc) is 2.45. The van der Waals surface area contributed by atoms with Gasteiger partial charge in [0.1, 0.15) is 0 Å². The van der Waals surface area contributed by atoms with Crippen molar-refractivity contribution in [2.45, 2.75) is 59.8 Å². The summed E-state index contributed by atoms with van der Waals surface area (Å²) < 4.78 is 0. The summed E-state index contributed by atoms with van der Waals surface area (Å²) in [6.07, 6.45) is 5.23. The van der Waals surface area contributed by atoms with E-state index in [0.29, 0.717) is 5.91 Å². The molecule has 112 valence electrons. The maximum absolute atomic E-state index is 12.8. The van der Waals surface area contributed by atoms with E-state index in [0.717, 1.165) is 44.3 Å². The predicted molar refractivity (Wildman–Crippen MR) is 87.1 cm³/mol. The van der Waals surface area contributed by atoms with Crippen LogP contribution < -0.4 is 4.90 Å². The molecule has 0 aliphatic heterocycles. The largest absolute Gasteiger partial charge is 0.312 e. The summed E-state index contributed by atoms with van der Waals surface area (Å²) in [7, 11) is 0. The molecule has 1 aromatic carbocycles. The number of carbonyl (C=O) groups excluding carboxylic acids is 1. The number of anilines is 1. The van der Waals surface area contributed by atoms with Gasteiger partial charge in [-0.3, -0.25) is 4.79 Å². The lowest BCUT2D eigenvalue weighted by Crippen LogP contribution is -2.36. The molecular weight excluding hydrogens is 246 g/mol. The number of carbonyl (C=O) groups is 1. The van der Waals surface area contributed by atoms with Crippen LogP contribution >= 0.6 is 0 Å². The van der Waals surface area contributed by atoms with Crippen molar-refractivity contribution in [1.29, 1.82) is 0 Å². The molecule has 0 spiro atoms. The van der Waals surface area contributed by atoms with Crippen LogP contribution in [0.25, 0.3) is 0 Å². The Bertz CT molecular complexity index is 414. The van der Waals surface area contributed by atoms with Gasteiger partial charge in [-0.05, 0) is 43.9 Å². The summed E-state index contributed by atoms with van der Waals surface area (Å²) in [4.78, 5) is 14.8. The van der Waals surface area contributed by atoms with E-state index in [-0.39, 0.29) is 5.92 Å². The van der Waals surface area contributed by atoms with Gasteiger partial charge in [-0.1, -0.05) is 45.7 Å². The lowest BCUT2D eigenvalue weighted by atomic mass is 9.97. The molecule has 0 radical (unpaired) electrons. The Balaban J connectivity index is 2.91. The normalized spacial score (nSPS) is 12.2. The summed E-state index contributed by atoms with van der Waals surface area (Å²) in [5.41, 5.74) is 2.25. The van der Waals surface area contributed by atoms with E-state index in [1.807, 2.05) is 17.0 Å². The van der Waals surface area contributed by atoms with Crippen LogP contribution in [0, 0.1) is 12.8 Å². The molecule has 1 atom stereocenters. The molecule has 2 nitrogen and oxygen atoms in total. The minimum absolute atomic E-state index is 0.169. The first kappa shape index (κ1) is 16.7. The molecule has 0 bridgehead atoms. The fourth-order valence-electron chi connectivity index (χ4n) is 2.56. The van der Waals surface area contributed by atoms with Crippen LogP contribution in [0.2, 0.25) is 0 Å². The molecular formula is C18H29NO. The Labute approximate surface area is 124 Å². The molecule has 0 heterocycles. The lowest BCUT2D eigenvalue weighted by molar-refractivity contribution is -0.122. The molecule has 0 aromatic heterocycles. The molecule has 0 aliphatic rings. The minimum atomic E-state index is 0.169. The maximum Gasteiger partial charge on any atom is 0.230 e. The van der Waals surface area contributed by atoms with E-state index in [9.17, 15) is 4.79 Å². The number of aryl methyl sites for hydroxylation is 1. The van der Waals surface area contributed by atoms with Crippen molar-refractivity contribution < 1.29 is 4.79 Å². The topological polar surface area (TPSA) is 20.3 Å². The van der Waals surface area contributed by atoms with E-state index in [4.69, 9.17) is 0 Å². The van der Waals surface area contributed by atoms with Gasteiger partial charge in [0.25, 0.3) is 0 Å². The van der Waals surface area contributed by atoms with E-state index in [1.54, 1.807) is 0 Å². The van der Waals surface area contributed by atoms with Crippen LogP contribution in [-0.4, -0.2) is 12.5 Å². The van der Waals surface area contributed by atoms with Gasteiger partial charge >= 0.3 is 0 Å². The van der Waals surface area contributed by atoms with Crippen molar-refractivity contribution in [1.82, 2.24) is 0 Å². The lowest BCUT2D eigenvalue weighted by Gasteiger charge is -2.27. The molecule has 2 heteroatoms. The highest BCUT2D eigenvalue weighted by molar-refractivity contribution is 5.95. The van der Waals surface area contributed by atoms with Gasteiger partial charge in [0.2, 0.25) is 5.91 Å². The Kier molecular flexibility index (Phi) is 7.35. The predicted octanol–water partition coefficient (Wildman–Crippen LogP) is 4.95. The van der Waals surface area contributed by atoms with Gasteiger partial charge in [0.05, 0.1) is 0 Å². The Morgan fingerprint density at radius 1 is 1.20 bits per heavy atom. The van der Waals surface area contributed by atoms with Gasteiger partial charge in [-0.2, -0.15) is 0 Å². The number of unbranched alkanes of at least 4 members (excludes halogenated alkanes) is 1. The van der Waals surface area contributed by atoms with Gasteiger partial charge < -0.3 is 4.90 Å². The summed E-state index contributed by atoms with van der Waals surface area (Å²) in [6, 6.07) is 8.27. The van der Waals surface area contributed by atoms with Crippen LogP contribution in [0.1, 0.15) is 58.4 Å². The summed E-state index contributed by atoms with van der Waals surface area (Å²) in [6.45, 7) is 9.32. The second-order valence-electron chi connectivity index (χ2n) is 5.58. The molecule has 0 saturated heterocycles. The van der Waals surface area contributed by atoms with Gasteiger partial charge in [0, 0.05) is 18.2 Å². The number of hydrogen-bond acceptors (Lipinski definition) is 1. The van der Waals surface area contributed by atoms with Crippen LogP contribution in [0.4, 0.5) is 5.69 Å². The van der Waals surface area contributed by atoms with Gasteiger partial charge in [-0.15, -0.1) is 0 Å². The summed E-state index contributed by atoms with van der Waals surface area (Å²) in [5, 5.41) is 0. The number of benzene rings is 1. The van der Waals surface area contributed by atoms with Gasteiger partial charge in [0.15, 0.2) is 0 Å². The van der Waals surface area contributed by atoms with Crippen molar-refractivity contribution >= 4 is 11.6 Å². The van der Waals surface area contributed by atoms with Crippen molar-refractivity contribution in [3.63, 3.8) is 0 Å².